The molecule has 146 valence electrons. The van der Waals surface area contributed by atoms with Crippen LogP contribution in [0.3, 0.4) is 0 Å². The predicted molar refractivity (Wildman–Crippen MR) is 73.9 cm³/mol. The van der Waals surface area contributed by atoms with Gasteiger partial charge in [0, 0.05) is 6.42 Å². The average Bonchev–Trinajstić information content (AvgIpc) is 2.18. The van der Waals surface area contributed by atoms with E-state index in [0.29, 0.717) is 0 Å². The molecule has 0 saturated carbocycles. The normalized spacial score (nSPS) is 12.8. The van der Waals surface area contributed by atoms with Gasteiger partial charge in [0.15, 0.2) is 0 Å². The Morgan fingerprint density at radius 2 is 1.21 bits per heavy atom. The van der Waals surface area contributed by atoms with E-state index in [1.54, 1.807) is 0 Å². The van der Waals surface area contributed by atoms with Crippen LogP contribution in [0.2, 0.25) is 0 Å². The van der Waals surface area contributed by atoms with E-state index in [4.69, 9.17) is 49.9 Å². The summed E-state index contributed by atoms with van der Waals surface area (Å²) in [7, 11) is -14.2. The monoisotopic (exact) mass is 422 g/mol. The Kier molecular flexibility index (Phi) is 13.8. The second kappa shape index (κ2) is 11.8. The molecule has 0 bridgehead atoms. The van der Waals surface area contributed by atoms with Crippen molar-refractivity contribution in [3.63, 3.8) is 0 Å². The summed E-state index contributed by atoms with van der Waals surface area (Å²) >= 11 is 0. The quantitative estimate of drug-likeness (QED) is 0.197. The summed E-state index contributed by atoms with van der Waals surface area (Å²) in [5, 5.41) is 16.3. The van der Waals surface area contributed by atoms with Gasteiger partial charge in [-0.1, -0.05) is 0 Å². The maximum atomic E-state index is 9.99. The Hall–Kier alpha value is -0.730. The molecule has 1 atom stereocenters. The molecule has 0 aromatic rings. The Balaban J connectivity index is -0.000000291. The highest BCUT2D eigenvalue weighted by molar-refractivity contribution is 7.60. The van der Waals surface area contributed by atoms with Crippen molar-refractivity contribution < 1.29 is 67.2 Å². The molecule has 0 aliphatic carbocycles. The fourth-order valence-electron chi connectivity index (χ4n) is 0.541. The first kappa shape index (κ1) is 28.1. The molecular formula is C5H17N2O14P3. The van der Waals surface area contributed by atoms with Gasteiger partial charge >= 0.3 is 35.3 Å². The van der Waals surface area contributed by atoms with Crippen molar-refractivity contribution in [2.45, 2.75) is 18.9 Å². The summed E-state index contributed by atoms with van der Waals surface area (Å²) in [6.07, 6.45) is -0.224. The molecule has 16 nitrogen and oxygen atoms in total. The van der Waals surface area contributed by atoms with Gasteiger partial charge < -0.3 is 45.3 Å². The van der Waals surface area contributed by atoms with E-state index in [-0.39, 0.29) is 12.8 Å². The molecule has 19 heteroatoms. The molecule has 0 aromatic heterocycles. The van der Waals surface area contributed by atoms with E-state index >= 15 is 0 Å². The number of phosphoric acid groups is 2. The van der Waals surface area contributed by atoms with Crippen LogP contribution in [0, 0.1) is 0 Å². The van der Waals surface area contributed by atoms with Crippen LogP contribution >= 0.6 is 23.4 Å². The van der Waals surface area contributed by atoms with Gasteiger partial charge in [0.25, 0.3) is 0 Å². The molecule has 24 heavy (non-hydrogen) atoms. The highest BCUT2D eigenvalue weighted by atomic mass is 31.3. The number of carboxylic acids is 2. The first-order valence-corrected chi connectivity index (χ1v) is 9.85. The molecular weight excluding hydrogens is 405 g/mol. The van der Waals surface area contributed by atoms with Crippen LogP contribution in [-0.2, 0) is 27.6 Å². The zero-order valence-electron chi connectivity index (χ0n) is 11.5. The lowest BCUT2D eigenvalue weighted by molar-refractivity contribution is -0.139. The van der Waals surface area contributed by atoms with Crippen LogP contribution in [0.4, 0.5) is 0 Å². The topological polar surface area (TPSA) is 308 Å². The molecule has 0 spiro atoms. The van der Waals surface area contributed by atoms with Crippen LogP contribution in [0.1, 0.15) is 12.8 Å². The smallest absolute Gasteiger partial charge is 0.478 e. The number of rotatable bonds is 6. The van der Waals surface area contributed by atoms with Crippen LogP contribution in [0.15, 0.2) is 0 Å². The molecule has 0 fully saturated rings. The molecule has 0 aliphatic rings. The van der Waals surface area contributed by atoms with E-state index in [9.17, 15) is 18.7 Å². The molecule has 12 N–H and O–H groups in total. The van der Waals surface area contributed by atoms with Gasteiger partial charge in [-0.05, 0) is 6.42 Å². The minimum Gasteiger partial charge on any atom is -0.481 e. The summed E-state index contributed by atoms with van der Waals surface area (Å²) in [5.41, 5.74) is 9.02. The van der Waals surface area contributed by atoms with Gasteiger partial charge in [-0.2, -0.15) is 4.31 Å². The summed E-state index contributed by atoms with van der Waals surface area (Å²) in [6, 6.07) is -1.06. The summed E-state index contributed by atoms with van der Waals surface area (Å²) < 4.78 is 31.3. The zero-order valence-corrected chi connectivity index (χ0v) is 14.2. The van der Waals surface area contributed by atoms with E-state index in [1.807, 2.05) is 0 Å². The maximum absolute atomic E-state index is 9.99. The third-order valence-electron chi connectivity index (χ3n) is 1.20. The minimum atomic E-state index is -5.05. The number of nitrogens with two attached hydrogens (primary N) is 2. The second-order valence-corrected chi connectivity index (χ2v) is 7.32. The van der Waals surface area contributed by atoms with Gasteiger partial charge in [-0.3, -0.25) is 9.59 Å². The van der Waals surface area contributed by atoms with Crippen molar-refractivity contribution in [1.29, 1.82) is 0 Å². The van der Waals surface area contributed by atoms with E-state index < -0.39 is 41.4 Å². The summed E-state index contributed by atoms with van der Waals surface area (Å²) in [4.78, 5) is 65.7. The van der Waals surface area contributed by atoms with Crippen molar-refractivity contribution in [3.8, 4) is 0 Å². The minimum absolute atomic E-state index is 0.0231. The van der Waals surface area contributed by atoms with Gasteiger partial charge in [-0.15, -0.1) is 0 Å². The van der Waals surface area contributed by atoms with E-state index in [1.165, 1.54) is 0 Å². The standard InChI is InChI=1S/C5H9NO4.H4NO3P.H4O7P2/c6-3(5(9)10)1-2-4(7)8;1-5(2,3)4;1-8(2,3)7-9(4,5)6/h3H,1-2,6H2,(H,7,8)(H,9,10);(H4,1,2,3,4);(H2,1,2,3)(H2,4,5,6). The van der Waals surface area contributed by atoms with Gasteiger partial charge in [-0.25, -0.2) is 19.2 Å². The first-order valence-electron chi connectivity index (χ1n) is 5.11. The van der Waals surface area contributed by atoms with E-state index in [2.05, 4.69) is 9.81 Å². The summed E-state index contributed by atoms with van der Waals surface area (Å²) in [6.45, 7) is 0. The lowest BCUT2D eigenvalue weighted by Crippen LogP contribution is -2.30. The van der Waals surface area contributed by atoms with Gasteiger partial charge in [0.1, 0.15) is 6.04 Å². The Bertz CT molecular complexity index is 502. The Morgan fingerprint density at radius 1 is 0.917 bits per heavy atom. The lowest BCUT2D eigenvalue weighted by atomic mass is 10.2. The van der Waals surface area contributed by atoms with E-state index in [0.717, 1.165) is 0 Å². The molecule has 0 saturated heterocycles. The molecule has 0 heterocycles. The number of hydrogen-bond donors (Lipinski definition) is 10. The molecule has 0 aromatic carbocycles. The van der Waals surface area contributed by atoms with Crippen LogP contribution < -0.4 is 11.2 Å². The van der Waals surface area contributed by atoms with Crippen molar-refractivity contribution in [1.82, 2.24) is 0 Å². The van der Waals surface area contributed by atoms with Crippen molar-refractivity contribution in [2.24, 2.45) is 11.2 Å². The van der Waals surface area contributed by atoms with Crippen LogP contribution in [0.5, 0.6) is 0 Å². The molecule has 0 aliphatic heterocycles. The highest BCUT2D eigenvalue weighted by Gasteiger charge is 2.27. The van der Waals surface area contributed by atoms with Crippen LogP contribution in [-0.4, -0.2) is 57.6 Å². The van der Waals surface area contributed by atoms with Crippen molar-refractivity contribution in [3.05, 3.63) is 0 Å². The Morgan fingerprint density at radius 3 is 1.33 bits per heavy atom. The second-order valence-electron chi connectivity index (χ2n) is 3.53. The highest BCUT2D eigenvalue weighted by Crippen LogP contribution is 2.53. The first-order chi connectivity index (χ1) is 10.2. The number of hydrogen-bond acceptors (Lipinski definition) is 7. The van der Waals surface area contributed by atoms with Crippen LogP contribution in [0.25, 0.3) is 0 Å². The van der Waals surface area contributed by atoms with Gasteiger partial charge in [0.05, 0.1) is 0 Å². The van der Waals surface area contributed by atoms with Gasteiger partial charge in [0.2, 0.25) is 0 Å². The number of carbonyl (C=O) groups is 2. The fourth-order valence-corrected chi connectivity index (χ4v) is 1.65. The largest absolute Gasteiger partial charge is 0.481 e. The Labute approximate surface area is 133 Å². The SMILES string of the molecule is NC(CCC(=O)O)C(=O)O.NP(=O)(O)O.O=P(O)(O)OP(=O)(O)O. The molecule has 0 radical (unpaired) electrons. The maximum Gasteiger partial charge on any atom is 0.478 e. The number of aliphatic carboxylic acids is 2. The third kappa shape index (κ3) is 42.9. The fraction of sp³-hybridized carbons (Fsp3) is 0.600. The van der Waals surface area contributed by atoms with Crippen molar-refractivity contribution in [2.75, 3.05) is 0 Å². The molecule has 0 rings (SSSR count). The molecule has 0 amide bonds. The van der Waals surface area contributed by atoms with Crippen molar-refractivity contribution >= 4 is 35.3 Å². The third-order valence-corrected chi connectivity index (χ3v) is 2.90. The molecule has 1 unspecified atom stereocenters. The average molecular weight is 422 g/mol. The number of carboxylic acid groups (broad SMARTS) is 2. The lowest BCUT2D eigenvalue weighted by Gasteiger charge is -2.03. The predicted octanol–water partition coefficient (Wildman–Crippen LogP) is -2.51. The zero-order chi connectivity index (χ0) is 20.4. The summed E-state index contributed by atoms with van der Waals surface area (Å²) in [5.74, 6) is -2.20.